The molecule has 4 heteroatoms. The number of esters is 1. The molecule has 4 nitrogen and oxygen atoms in total. The Balaban J connectivity index is 2.21. The fourth-order valence-corrected chi connectivity index (χ4v) is 1.20. The number of nitrogens with zero attached hydrogens (tertiary/aromatic N) is 1. The van der Waals surface area contributed by atoms with Crippen LogP contribution < -0.4 is 0 Å². The first-order chi connectivity index (χ1) is 6.75. The van der Waals surface area contributed by atoms with Gasteiger partial charge >= 0.3 is 5.97 Å². The molecule has 0 atom stereocenters. The minimum absolute atomic E-state index is 0.282. The molecule has 0 radical (unpaired) electrons. The predicted octanol–water partition coefficient (Wildman–Crippen LogP) is 1.89. The van der Waals surface area contributed by atoms with Crippen LogP contribution in [0, 0.1) is 0 Å². The lowest BCUT2D eigenvalue weighted by Gasteiger charge is -2.00. The molecule has 0 aliphatic rings. The molecule has 72 valence electrons. The number of carbonyl (C=O) groups excluding carboxylic acids is 1. The summed E-state index contributed by atoms with van der Waals surface area (Å²) in [4.78, 5) is 10.6. The molecule has 0 saturated carbocycles. The lowest BCUT2D eigenvalue weighted by atomic mass is 10.2. The second kappa shape index (κ2) is 3.49. The van der Waals surface area contributed by atoms with E-state index in [4.69, 9.17) is 9.26 Å². The molecular formula is C10H9NO3. The summed E-state index contributed by atoms with van der Waals surface area (Å²) in [5.41, 5.74) is 1.66. The van der Waals surface area contributed by atoms with Gasteiger partial charge in [-0.05, 0) is 17.7 Å². The number of benzene rings is 1. The second-order valence-electron chi connectivity index (χ2n) is 2.98. The first kappa shape index (κ1) is 8.74. The molecule has 0 saturated heterocycles. The first-order valence-electron chi connectivity index (χ1n) is 4.22. The van der Waals surface area contributed by atoms with Gasteiger partial charge in [0.05, 0.1) is 6.20 Å². The summed E-state index contributed by atoms with van der Waals surface area (Å²) in [7, 11) is 0. The zero-order valence-corrected chi connectivity index (χ0v) is 7.69. The summed E-state index contributed by atoms with van der Waals surface area (Å²) in [5, 5.41) is 4.57. The van der Waals surface area contributed by atoms with E-state index in [0.717, 1.165) is 16.5 Å². The number of hydrogen-bond acceptors (Lipinski definition) is 4. The van der Waals surface area contributed by atoms with Gasteiger partial charge in [0, 0.05) is 12.3 Å². The highest BCUT2D eigenvalue weighted by atomic mass is 16.5. The first-order valence-corrected chi connectivity index (χ1v) is 4.22. The van der Waals surface area contributed by atoms with Crippen LogP contribution in [0.15, 0.2) is 28.9 Å². The van der Waals surface area contributed by atoms with Gasteiger partial charge in [0.25, 0.3) is 0 Å². The summed E-state index contributed by atoms with van der Waals surface area (Å²) < 4.78 is 9.80. The third-order valence-electron chi connectivity index (χ3n) is 1.86. The molecule has 2 rings (SSSR count). The predicted molar refractivity (Wildman–Crippen MR) is 49.5 cm³/mol. The minimum atomic E-state index is -0.282. The van der Waals surface area contributed by atoms with Gasteiger partial charge in [-0.2, -0.15) is 0 Å². The number of aromatic nitrogens is 1. The van der Waals surface area contributed by atoms with Crippen molar-refractivity contribution in [3.8, 4) is 0 Å². The van der Waals surface area contributed by atoms with Crippen LogP contribution in [0.5, 0.6) is 0 Å². The van der Waals surface area contributed by atoms with Gasteiger partial charge in [0.15, 0.2) is 5.58 Å². The Bertz CT molecular complexity index is 461. The number of rotatable bonds is 2. The molecule has 1 aromatic carbocycles. The number of fused-ring (bicyclic) bond motifs is 1. The van der Waals surface area contributed by atoms with Gasteiger partial charge < -0.3 is 9.26 Å². The van der Waals surface area contributed by atoms with Crippen molar-refractivity contribution in [3.05, 3.63) is 30.0 Å². The molecule has 0 aliphatic carbocycles. The van der Waals surface area contributed by atoms with Gasteiger partial charge in [-0.3, -0.25) is 4.79 Å². The van der Waals surface area contributed by atoms with E-state index in [-0.39, 0.29) is 12.6 Å². The third kappa shape index (κ3) is 1.74. The average molecular weight is 191 g/mol. The molecular weight excluding hydrogens is 182 g/mol. The molecule has 0 unspecified atom stereocenters. The van der Waals surface area contributed by atoms with Gasteiger partial charge in [0.1, 0.15) is 6.61 Å². The standard InChI is InChI=1S/C10H9NO3/c1-7(12)13-6-8-2-3-10-9(4-8)5-11-14-10/h2-5H,6H2,1H3. The Labute approximate surface area is 80.4 Å². The largest absolute Gasteiger partial charge is 0.461 e. The van der Waals surface area contributed by atoms with E-state index in [1.165, 1.54) is 6.92 Å². The van der Waals surface area contributed by atoms with Crippen molar-refractivity contribution in [3.63, 3.8) is 0 Å². The molecule has 0 amide bonds. The van der Waals surface area contributed by atoms with Crippen LogP contribution in [0.4, 0.5) is 0 Å². The summed E-state index contributed by atoms with van der Waals surface area (Å²) in [6.45, 7) is 1.67. The Morgan fingerprint density at radius 2 is 2.43 bits per heavy atom. The molecule has 0 fully saturated rings. The quantitative estimate of drug-likeness (QED) is 0.680. The van der Waals surface area contributed by atoms with E-state index in [2.05, 4.69) is 5.16 Å². The van der Waals surface area contributed by atoms with Crippen LogP contribution in [-0.4, -0.2) is 11.1 Å². The van der Waals surface area contributed by atoms with Crippen molar-refractivity contribution in [2.45, 2.75) is 13.5 Å². The maximum absolute atomic E-state index is 10.6. The van der Waals surface area contributed by atoms with E-state index in [0.29, 0.717) is 0 Å². The van der Waals surface area contributed by atoms with Crippen LogP contribution >= 0.6 is 0 Å². The summed E-state index contributed by atoms with van der Waals surface area (Å²) in [6, 6.07) is 5.53. The highest BCUT2D eigenvalue weighted by molar-refractivity contribution is 5.76. The van der Waals surface area contributed by atoms with E-state index in [1.54, 1.807) is 12.3 Å². The highest BCUT2D eigenvalue weighted by Gasteiger charge is 2.01. The zero-order valence-electron chi connectivity index (χ0n) is 7.69. The van der Waals surface area contributed by atoms with Crippen molar-refractivity contribution in [1.82, 2.24) is 5.16 Å². The molecule has 0 spiro atoms. The van der Waals surface area contributed by atoms with Crippen molar-refractivity contribution in [1.29, 1.82) is 0 Å². The monoisotopic (exact) mass is 191 g/mol. The zero-order chi connectivity index (χ0) is 9.97. The molecule has 1 aromatic heterocycles. The topological polar surface area (TPSA) is 52.3 Å². The van der Waals surface area contributed by atoms with E-state index in [1.807, 2.05) is 12.1 Å². The Kier molecular flexibility index (Phi) is 2.18. The molecule has 2 aromatic rings. The fraction of sp³-hybridized carbons (Fsp3) is 0.200. The van der Waals surface area contributed by atoms with Gasteiger partial charge in [-0.15, -0.1) is 0 Å². The van der Waals surface area contributed by atoms with E-state index in [9.17, 15) is 4.79 Å². The van der Waals surface area contributed by atoms with E-state index < -0.39 is 0 Å². The van der Waals surface area contributed by atoms with Crippen LogP contribution in [-0.2, 0) is 16.1 Å². The van der Waals surface area contributed by atoms with Crippen LogP contribution in [0.3, 0.4) is 0 Å². The van der Waals surface area contributed by atoms with Crippen molar-refractivity contribution >= 4 is 16.9 Å². The van der Waals surface area contributed by atoms with Crippen molar-refractivity contribution < 1.29 is 14.1 Å². The molecule has 0 bridgehead atoms. The fourth-order valence-electron chi connectivity index (χ4n) is 1.20. The maximum Gasteiger partial charge on any atom is 0.302 e. The summed E-state index contributed by atoms with van der Waals surface area (Å²) in [6.07, 6.45) is 1.63. The summed E-state index contributed by atoms with van der Waals surface area (Å²) in [5.74, 6) is -0.282. The second-order valence-corrected chi connectivity index (χ2v) is 2.98. The number of ether oxygens (including phenoxy) is 1. The lowest BCUT2D eigenvalue weighted by Crippen LogP contribution is -1.98. The molecule has 0 aliphatic heterocycles. The minimum Gasteiger partial charge on any atom is -0.461 e. The van der Waals surface area contributed by atoms with Crippen molar-refractivity contribution in [2.75, 3.05) is 0 Å². The lowest BCUT2D eigenvalue weighted by molar-refractivity contribution is -0.142. The van der Waals surface area contributed by atoms with Crippen LogP contribution in [0.25, 0.3) is 11.0 Å². The summed E-state index contributed by atoms with van der Waals surface area (Å²) >= 11 is 0. The Morgan fingerprint density at radius 3 is 3.21 bits per heavy atom. The van der Waals surface area contributed by atoms with E-state index >= 15 is 0 Å². The number of carbonyl (C=O) groups is 1. The maximum atomic E-state index is 10.6. The smallest absolute Gasteiger partial charge is 0.302 e. The van der Waals surface area contributed by atoms with Crippen LogP contribution in [0.1, 0.15) is 12.5 Å². The Hall–Kier alpha value is -1.84. The SMILES string of the molecule is CC(=O)OCc1ccc2oncc2c1. The number of hydrogen-bond donors (Lipinski definition) is 0. The normalized spacial score (nSPS) is 10.4. The average Bonchev–Trinajstić information content (AvgIpc) is 2.61. The van der Waals surface area contributed by atoms with Gasteiger partial charge in [0.2, 0.25) is 0 Å². The highest BCUT2D eigenvalue weighted by Crippen LogP contribution is 2.15. The molecule has 14 heavy (non-hydrogen) atoms. The molecule has 1 heterocycles. The molecule has 0 N–H and O–H groups in total. The third-order valence-corrected chi connectivity index (χ3v) is 1.86. The van der Waals surface area contributed by atoms with Crippen molar-refractivity contribution in [2.24, 2.45) is 0 Å². The van der Waals surface area contributed by atoms with Gasteiger partial charge in [-0.25, -0.2) is 0 Å². The Morgan fingerprint density at radius 1 is 1.57 bits per heavy atom. The van der Waals surface area contributed by atoms with Gasteiger partial charge in [-0.1, -0.05) is 11.2 Å². The van der Waals surface area contributed by atoms with Crippen LogP contribution in [0.2, 0.25) is 0 Å².